The highest BCUT2D eigenvalue weighted by molar-refractivity contribution is 8.14. The van der Waals surface area contributed by atoms with Crippen molar-refractivity contribution in [2.45, 2.75) is 45.1 Å². The molecule has 1 aromatic heterocycles. The van der Waals surface area contributed by atoms with E-state index in [-0.39, 0.29) is 16.9 Å². The summed E-state index contributed by atoms with van der Waals surface area (Å²) in [6.45, 7) is 1.11. The van der Waals surface area contributed by atoms with E-state index in [0.29, 0.717) is 6.54 Å². The van der Waals surface area contributed by atoms with Crippen LogP contribution in [0.5, 0.6) is 5.75 Å². The van der Waals surface area contributed by atoms with Gasteiger partial charge in [0.2, 0.25) is 5.91 Å². The lowest BCUT2D eigenvalue weighted by Crippen LogP contribution is -2.27. The number of thiophene rings is 1. The molecule has 1 saturated carbocycles. The molecule has 2 aliphatic rings. The smallest absolute Gasteiger partial charge is 0.289 e. The maximum Gasteiger partial charge on any atom is 0.289 e. The summed E-state index contributed by atoms with van der Waals surface area (Å²) < 4.78 is 7.21. The minimum Gasteiger partial charge on any atom is -0.493 e. The number of fused-ring (bicyclic) bond motifs is 1. The second kappa shape index (κ2) is 8.01. The number of carbonyl (C=O) groups is 2. The summed E-state index contributed by atoms with van der Waals surface area (Å²) in [5.41, 5.74) is 1.01. The summed E-state index contributed by atoms with van der Waals surface area (Å²) in [5.74, 6) is 1.88. The van der Waals surface area contributed by atoms with Crippen molar-refractivity contribution in [2.24, 2.45) is 5.92 Å². The van der Waals surface area contributed by atoms with Crippen LogP contribution in [-0.2, 0) is 11.3 Å². The van der Waals surface area contributed by atoms with E-state index >= 15 is 0 Å². The number of thioether (sulfide) groups is 1. The van der Waals surface area contributed by atoms with Gasteiger partial charge in [-0.1, -0.05) is 49.9 Å². The normalized spacial score (nSPS) is 18.8. The fraction of sp³-hybridized carbons (Fsp3) is 0.500. The second-order valence-corrected chi connectivity index (χ2v) is 8.90. The summed E-state index contributed by atoms with van der Waals surface area (Å²) in [6, 6.07) is 6.06. The third-order valence-electron chi connectivity index (χ3n) is 5.34. The molecule has 0 unspecified atom stereocenters. The summed E-state index contributed by atoms with van der Waals surface area (Å²) in [7, 11) is 0. The van der Waals surface area contributed by atoms with Gasteiger partial charge < -0.3 is 4.74 Å². The Morgan fingerprint density at radius 1 is 1.12 bits per heavy atom. The van der Waals surface area contributed by atoms with Crippen molar-refractivity contribution in [1.82, 2.24) is 4.90 Å². The molecule has 138 valence electrons. The van der Waals surface area contributed by atoms with Crippen molar-refractivity contribution in [2.75, 3.05) is 12.4 Å². The average Bonchev–Trinajstić information content (AvgIpc) is 3.27. The number of rotatable bonds is 6. The number of hydrogen-bond acceptors (Lipinski definition) is 5. The van der Waals surface area contributed by atoms with Gasteiger partial charge in [0.25, 0.3) is 5.24 Å². The molecule has 4 nitrogen and oxygen atoms in total. The number of nitrogens with zero attached hydrogens (tertiary/aromatic N) is 1. The zero-order valence-electron chi connectivity index (χ0n) is 14.7. The topological polar surface area (TPSA) is 46.6 Å². The number of ether oxygens (including phenoxy) is 1. The molecule has 2 amide bonds. The highest BCUT2D eigenvalue weighted by Gasteiger charge is 2.30. The van der Waals surface area contributed by atoms with Gasteiger partial charge in [0.05, 0.1) is 18.9 Å². The molecule has 0 bridgehead atoms. The van der Waals surface area contributed by atoms with Crippen LogP contribution in [0, 0.1) is 5.92 Å². The first kappa shape index (κ1) is 17.9. The summed E-state index contributed by atoms with van der Waals surface area (Å²) in [5, 5.41) is 2.99. The molecule has 0 radical (unpaired) electrons. The molecular formula is C20H23NO3S2. The number of benzene rings is 1. The quantitative estimate of drug-likeness (QED) is 0.659. The Morgan fingerprint density at radius 3 is 2.73 bits per heavy atom. The molecule has 0 N–H and O–H groups in total. The van der Waals surface area contributed by atoms with E-state index in [9.17, 15) is 9.59 Å². The van der Waals surface area contributed by atoms with Gasteiger partial charge in [-0.2, -0.15) is 0 Å². The van der Waals surface area contributed by atoms with Gasteiger partial charge in [-0.15, -0.1) is 11.3 Å². The number of imide groups is 1. The highest BCUT2D eigenvalue weighted by Crippen LogP contribution is 2.35. The van der Waals surface area contributed by atoms with Gasteiger partial charge in [0.1, 0.15) is 5.75 Å². The third-order valence-corrected chi connectivity index (χ3v) is 7.18. The first-order valence-corrected chi connectivity index (χ1v) is 11.2. The van der Waals surface area contributed by atoms with Gasteiger partial charge in [0, 0.05) is 10.1 Å². The molecule has 6 heteroatoms. The monoisotopic (exact) mass is 389 g/mol. The third kappa shape index (κ3) is 3.76. The summed E-state index contributed by atoms with van der Waals surface area (Å²) >= 11 is 2.72. The predicted octanol–water partition coefficient (Wildman–Crippen LogP) is 5.45. The van der Waals surface area contributed by atoms with E-state index < -0.39 is 0 Å². The number of amides is 2. The van der Waals surface area contributed by atoms with Crippen molar-refractivity contribution < 1.29 is 14.3 Å². The average molecular weight is 390 g/mol. The number of carbonyl (C=O) groups excluding carboxylic acids is 2. The van der Waals surface area contributed by atoms with Gasteiger partial charge in [-0.05, 0) is 35.4 Å². The van der Waals surface area contributed by atoms with Gasteiger partial charge in [0.15, 0.2) is 0 Å². The maximum absolute atomic E-state index is 11.9. The zero-order valence-corrected chi connectivity index (χ0v) is 16.4. The van der Waals surface area contributed by atoms with Crippen molar-refractivity contribution in [3.63, 3.8) is 0 Å². The number of hydrogen-bond donors (Lipinski definition) is 0. The van der Waals surface area contributed by atoms with E-state index in [1.807, 2.05) is 17.5 Å². The fourth-order valence-corrected chi connectivity index (χ4v) is 5.50. The SMILES string of the molecule is O=C1CSC(=O)N1Cc1ccc(OCCC2CCCCC2)c2ccsc12. The van der Waals surface area contributed by atoms with Gasteiger partial charge in [-0.25, -0.2) is 0 Å². The van der Waals surface area contributed by atoms with E-state index in [2.05, 4.69) is 6.07 Å². The Labute approximate surface area is 161 Å². The van der Waals surface area contributed by atoms with E-state index in [4.69, 9.17) is 4.74 Å². The van der Waals surface area contributed by atoms with Crippen LogP contribution < -0.4 is 4.74 Å². The largest absolute Gasteiger partial charge is 0.493 e. The summed E-state index contributed by atoms with van der Waals surface area (Å²) in [4.78, 5) is 25.1. The molecule has 4 rings (SSSR count). The van der Waals surface area contributed by atoms with Crippen LogP contribution in [0.4, 0.5) is 4.79 Å². The zero-order chi connectivity index (χ0) is 17.9. The fourth-order valence-electron chi connectivity index (χ4n) is 3.86. The molecule has 1 aliphatic heterocycles. The molecule has 0 atom stereocenters. The maximum atomic E-state index is 11.9. The first-order chi connectivity index (χ1) is 12.7. The van der Waals surface area contributed by atoms with Crippen LogP contribution in [0.15, 0.2) is 23.6 Å². The second-order valence-electron chi connectivity index (χ2n) is 7.06. The van der Waals surface area contributed by atoms with Gasteiger partial charge >= 0.3 is 0 Å². The van der Waals surface area contributed by atoms with E-state index in [1.54, 1.807) is 11.3 Å². The Bertz CT molecular complexity index is 794. The molecule has 1 saturated heterocycles. The van der Waals surface area contributed by atoms with Crippen molar-refractivity contribution >= 4 is 44.3 Å². The van der Waals surface area contributed by atoms with Crippen molar-refractivity contribution in [1.29, 1.82) is 0 Å². The first-order valence-electron chi connectivity index (χ1n) is 9.31. The minimum absolute atomic E-state index is 0.0995. The van der Waals surface area contributed by atoms with Crippen molar-refractivity contribution in [3.8, 4) is 5.75 Å². The van der Waals surface area contributed by atoms with E-state index in [0.717, 1.165) is 52.1 Å². The van der Waals surface area contributed by atoms with Crippen LogP contribution in [0.1, 0.15) is 44.1 Å². The molecule has 0 spiro atoms. The van der Waals surface area contributed by atoms with Crippen LogP contribution in [0.25, 0.3) is 10.1 Å². The molecule has 2 heterocycles. The molecule has 26 heavy (non-hydrogen) atoms. The molecule has 1 aromatic carbocycles. The summed E-state index contributed by atoms with van der Waals surface area (Å²) in [6.07, 6.45) is 7.91. The van der Waals surface area contributed by atoms with Crippen LogP contribution >= 0.6 is 23.1 Å². The Balaban J connectivity index is 1.45. The lowest BCUT2D eigenvalue weighted by molar-refractivity contribution is -0.124. The van der Waals surface area contributed by atoms with Crippen molar-refractivity contribution in [3.05, 3.63) is 29.1 Å². The minimum atomic E-state index is -0.146. The van der Waals surface area contributed by atoms with Crippen LogP contribution in [-0.4, -0.2) is 28.4 Å². The lowest BCUT2D eigenvalue weighted by atomic mass is 9.87. The molecule has 2 fully saturated rings. The molecule has 2 aromatic rings. The lowest BCUT2D eigenvalue weighted by Gasteiger charge is -2.21. The highest BCUT2D eigenvalue weighted by atomic mass is 32.2. The Hall–Kier alpha value is -1.53. The predicted molar refractivity (Wildman–Crippen MR) is 107 cm³/mol. The Morgan fingerprint density at radius 2 is 1.96 bits per heavy atom. The van der Waals surface area contributed by atoms with Gasteiger partial charge in [-0.3, -0.25) is 14.5 Å². The molecule has 1 aliphatic carbocycles. The Kier molecular flexibility index (Phi) is 5.50. The van der Waals surface area contributed by atoms with Crippen LogP contribution in [0.2, 0.25) is 0 Å². The standard InChI is InChI=1S/C20H23NO3S2/c22-18-13-26-20(23)21(18)12-15-6-7-17(16-9-11-25-19(15)16)24-10-8-14-4-2-1-3-5-14/h6-7,9,11,14H,1-5,8,10,12-13H2. The molecular weight excluding hydrogens is 366 g/mol. The van der Waals surface area contributed by atoms with E-state index in [1.165, 1.54) is 37.0 Å². The van der Waals surface area contributed by atoms with Crippen LogP contribution in [0.3, 0.4) is 0 Å².